The zero-order chi connectivity index (χ0) is 18.3. The van der Waals surface area contributed by atoms with Crippen molar-refractivity contribution in [1.82, 2.24) is 0 Å². The smallest absolute Gasteiger partial charge is 0.303 e. The van der Waals surface area contributed by atoms with E-state index in [1.165, 1.54) is 50.7 Å². The number of carbonyl (C=O) groups excluding carboxylic acids is 1. The number of halogens is 1. The van der Waals surface area contributed by atoms with Crippen molar-refractivity contribution in [2.24, 2.45) is 0 Å². The van der Waals surface area contributed by atoms with Crippen molar-refractivity contribution < 1.29 is 9.53 Å². The van der Waals surface area contributed by atoms with Crippen LogP contribution in [-0.2, 0) is 9.53 Å². The van der Waals surface area contributed by atoms with Crippen LogP contribution in [0.1, 0.15) is 29.5 Å². The number of benzene rings is 4. The highest BCUT2D eigenvalue weighted by atomic mass is 35.5. The first-order valence-corrected chi connectivity index (χ1v) is 9.52. The lowest BCUT2D eigenvalue weighted by Gasteiger charge is -2.30. The molecule has 0 radical (unpaired) electrons. The Hall–Kier alpha value is -2.84. The average Bonchev–Trinajstić information content (AvgIpc) is 3.00. The fourth-order valence-electron chi connectivity index (χ4n) is 4.87. The standard InChI is InChI=1S/C24H15ClO2/c1-12(26)27-24-18-10-9-16-14-6-2-3-7-15(14)19-11-13-5-4-8-17(23(24)25)20(13)22(18)21(16)19/h2-11,23-24H,1H3/t23-,24-/m1/s1. The summed E-state index contributed by atoms with van der Waals surface area (Å²) in [5.74, 6) is -0.312. The first-order valence-electron chi connectivity index (χ1n) is 9.08. The Morgan fingerprint density at radius 1 is 0.815 bits per heavy atom. The topological polar surface area (TPSA) is 26.3 Å². The number of hydrogen-bond acceptors (Lipinski definition) is 2. The van der Waals surface area contributed by atoms with Gasteiger partial charge in [-0.25, -0.2) is 0 Å². The molecule has 0 aromatic heterocycles. The van der Waals surface area contributed by atoms with Crippen LogP contribution in [0.4, 0.5) is 0 Å². The molecule has 0 spiro atoms. The summed E-state index contributed by atoms with van der Waals surface area (Å²) >= 11 is 6.82. The molecule has 0 N–H and O–H groups in total. The van der Waals surface area contributed by atoms with E-state index < -0.39 is 11.5 Å². The van der Waals surface area contributed by atoms with Gasteiger partial charge in [-0.15, -0.1) is 11.6 Å². The fourth-order valence-corrected chi connectivity index (χ4v) is 5.24. The molecule has 6 rings (SSSR count). The van der Waals surface area contributed by atoms with E-state index in [1.54, 1.807) is 0 Å². The number of rotatable bonds is 1. The Kier molecular flexibility index (Phi) is 2.89. The molecule has 0 saturated heterocycles. The molecule has 0 heterocycles. The summed E-state index contributed by atoms with van der Waals surface area (Å²) in [4.78, 5) is 11.8. The van der Waals surface area contributed by atoms with Crippen molar-refractivity contribution in [3.8, 4) is 22.3 Å². The normalized spacial score (nSPS) is 18.9. The molecule has 2 aliphatic rings. The van der Waals surface area contributed by atoms with Gasteiger partial charge >= 0.3 is 5.97 Å². The van der Waals surface area contributed by atoms with Gasteiger partial charge in [0, 0.05) is 12.5 Å². The van der Waals surface area contributed by atoms with E-state index in [0.29, 0.717) is 0 Å². The highest BCUT2D eigenvalue weighted by Gasteiger charge is 2.36. The zero-order valence-corrected chi connectivity index (χ0v) is 15.4. The van der Waals surface area contributed by atoms with Crippen LogP contribution in [0.2, 0.25) is 0 Å². The lowest BCUT2D eigenvalue weighted by Crippen LogP contribution is -2.17. The third-order valence-electron chi connectivity index (χ3n) is 5.86. The number of hydrogen-bond donors (Lipinski definition) is 0. The predicted molar refractivity (Wildman–Crippen MR) is 109 cm³/mol. The van der Waals surface area contributed by atoms with Gasteiger partial charge in [-0.2, -0.15) is 0 Å². The van der Waals surface area contributed by atoms with Crippen molar-refractivity contribution in [1.29, 1.82) is 0 Å². The van der Waals surface area contributed by atoms with Gasteiger partial charge in [0.15, 0.2) is 0 Å². The van der Waals surface area contributed by atoms with E-state index in [2.05, 4.69) is 54.6 Å². The summed E-state index contributed by atoms with van der Waals surface area (Å²) in [6.07, 6.45) is -0.477. The van der Waals surface area contributed by atoms with Crippen LogP contribution in [0.15, 0.2) is 60.7 Å². The average molecular weight is 371 g/mol. The van der Waals surface area contributed by atoms with Crippen molar-refractivity contribution in [3.05, 3.63) is 71.8 Å². The summed E-state index contributed by atoms with van der Waals surface area (Å²) in [7, 11) is 0. The molecule has 0 fully saturated rings. The minimum absolute atomic E-state index is 0.312. The first-order chi connectivity index (χ1) is 13.1. The highest BCUT2D eigenvalue weighted by molar-refractivity contribution is 6.29. The molecule has 0 unspecified atom stereocenters. The van der Waals surface area contributed by atoms with Crippen LogP contribution < -0.4 is 0 Å². The highest BCUT2D eigenvalue weighted by Crippen LogP contribution is 2.56. The number of fused-ring (bicyclic) bond motifs is 3. The zero-order valence-electron chi connectivity index (χ0n) is 14.6. The molecule has 0 saturated carbocycles. The van der Waals surface area contributed by atoms with Gasteiger partial charge in [0.25, 0.3) is 0 Å². The lowest BCUT2D eigenvalue weighted by molar-refractivity contribution is -0.146. The maximum atomic E-state index is 11.8. The van der Waals surface area contributed by atoms with Crippen molar-refractivity contribution in [3.63, 3.8) is 0 Å². The fraction of sp³-hybridized carbons (Fsp3) is 0.125. The Morgan fingerprint density at radius 2 is 1.59 bits per heavy atom. The summed E-state index contributed by atoms with van der Waals surface area (Å²) < 4.78 is 5.69. The van der Waals surface area contributed by atoms with Crippen LogP contribution >= 0.6 is 11.6 Å². The number of carbonyl (C=O) groups is 1. The first kappa shape index (κ1) is 15.2. The molecular formula is C24H15ClO2. The Morgan fingerprint density at radius 3 is 2.37 bits per heavy atom. The van der Waals surface area contributed by atoms with Crippen LogP contribution in [0.25, 0.3) is 43.8 Å². The Bertz CT molecular complexity index is 1310. The molecule has 0 aliphatic heterocycles. The van der Waals surface area contributed by atoms with Gasteiger partial charge in [0.05, 0.1) is 0 Å². The minimum atomic E-state index is -0.477. The van der Waals surface area contributed by atoms with Gasteiger partial charge < -0.3 is 4.74 Å². The third-order valence-corrected chi connectivity index (χ3v) is 6.32. The molecule has 2 atom stereocenters. The van der Waals surface area contributed by atoms with Gasteiger partial charge in [-0.05, 0) is 55.4 Å². The van der Waals surface area contributed by atoms with Crippen LogP contribution in [0.3, 0.4) is 0 Å². The molecule has 27 heavy (non-hydrogen) atoms. The third kappa shape index (κ3) is 1.84. The second kappa shape index (κ2) is 5.11. The van der Waals surface area contributed by atoms with Crippen molar-refractivity contribution in [2.75, 3.05) is 0 Å². The van der Waals surface area contributed by atoms with Gasteiger partial charge in [-0.3, -0.25) is 4.79 Å². The monoisotopic (exact) mass is 370 g/mol. The molecule has 2 aliphatic carbocycles. The van der Waals surface area contributed by atoms with E-state index >= 15 is 0 Å². The second-order valence-corrected chi connectivity index (χ2v) is 7.77. The minimum Gasteiger partial charge on any atom is -0.456 e. The molecule has 0 amide bonds. The van der Waals surface area contributed by atoms with Crippen molar-refractivity contribution >= 4 is 39.1 Å². The van der Waals surface area contributed by atoms with Gasteiger partial charge in [-0.1, -0.05) is 54.6 Å². The van der Waals surface area contributed by atoms with E-state index in [4.69, 9.17) is 16.3 Å². The molecule has 130 valence electrons. The molecule has 0 bridgehead atoms. The van der Waals surface area contributed by atoms with Crippen LogP contribution in [0, 0.1) is 0 Å². The Balaban J connectivity index is 1.84. The molecule has 4 aromatic rings. The van der Waals surface area contributed by atoms with Gasteiger partial charge in [0.2, 0.25) is 0 Å². The number of esters is 1. The number of alkyl halides is 1. The second-order valence-electron chi connectivity index (χ2n) is 7.30. The van der Waals surface area contributed by atoms with Crippen LogP contribution in [-0.4, -0.2) is 5.97 Å². The van der Waals surface area contributed by atoms with Crippen molar-refractivity contribution in [2.45, 2.75) is 18.4 Å². The van der Waals surface area contributed by atoms with Crippen LogP contribution in [0.5, 0.6) is 0 Å². The summed E-state index contributed by atoms with van der Waals surface area (Å²) in [5.41, 5.74) is 7.04. The molecule has 2 nitrogen and oxygen atoms in total. The SMILES string of the molecule is CC(=O)O[C@@H]1c2ccc3c4c(cc5cccc(c5c24)[C@H]1Cl)-c1ccccc1-3. The Labute approximate surface area is 161 Å². The quantitative estimate of drug-likeness (QED) is 0.190. The van der Waals surface area contributed by atoms with E-state index in [9.17, 15) is 4.79 Å². The predicted octanol–water partition coefficient (Wildman–Crippen LogP) is 6.54. The number of ether oxygens (including phenoxy) is 1. The van der Waals surface area contributed by atoms with Gasteiger partial charge in [0.1, 0.15) is 11.5 Å². The molecule has 3 heteroatoms. The van der Waals surface area contributed by atoms with E-state index in [1.807, 2.05) is 6.07 Å². The lowest BCUT2D eigenvalue weighted by atomic mass is 9.82. The summed E-state index contributed by atoms with van der Waals surface area (Å²) in [6, 6.07) is 21.3. The molecular weight excluding hydrogens is 356 g/mol. The van der Waals surface area contributed by atoms with E-state index in [0.717, 1.165) is 11.1 Å². The molecule has 4 aromatic carbocycles. The maximum absolute atomic E-state index is 11.8. The largest absolute Gasteiger partial charge is 0.456 e. The summed E-state index contributed by atoms with van der Waals surface area (Å²) in [6.45, 7) is 1.44. The van der Waals surface area contributed by atoms with E-state index in [-0.39, 0.29) is 5.97 Å². The maximum Gasteiger partial charge on any atom is 0.303 e. The summed E-state index contributed by atoms with van der Waals surface area (Å²) in [5, 5.41) is 4.39.